The van der Waals surface area contributed by atoms with E-state index in [2.05, 4.69) is 0 Å². The number of rotatable bonds is 10. The first-order valence-corrected chi connectivity index (χ1v) is 19.1. The molecule has 5 rings (SSSR count). The van der Waals surface area contributed by atoms with Crippen molar-refractivity contribution in [2.24, 2.45) is 5.41 Å². The predicted molar refractivity (Wildman–Crippen MR) is 221 cm³/mol. The summed E-state index contributed by atoms with van der Waals surface area (Å²) in [5.74, 6) is 1.84. The van der Waals surface area contributed by atoms with E-state index in [1.54, 1.807) is 48.6 Å². The number of aliphatic hydroxyl groups excluding tert-OH is 1. The van der Waals surface area contributed by atoms with Gasteiger partial charge in [-0.2, -0.15) is 0 Å². The molecular weight excluding hydrogens is 766 g/mol. The van der Waals surface area contributed by atoms with E-state index in [4.69, 9.17) is 65.0 Å². The molecule has 6 nitrogen and oxygen atoms in total. The summed E-state index contributed by atoms with van der Waals surface area (Å²) in [6.07, 6.45) is 6.99. The Bertz CT molecular complexity index is 2140. The highest BCUT2D eigenvalue weighted by Gasteiger charge is 2.38. The van der Waals surface area contributed by atoms with E-state index < -0.39 is 10.8 Å². The van der Waals surface area contributed by atoms with E-state index in [1.165, 1.54) is 0 Å². The number of carbonyl (C=O) groups is 1. The number of ether oxygens (including phenoxy) is 3. The summed E-state index contributed by atoms with van der Waals surface area (Å²) in [6.45, 7) is 20.8. The monoisotopic (exact) mass is 811 g/mol. The smallest absolute Gasteiger partial charge is 0.360 e. The fraction of sp³-hybridized carbons (Fsp3) is 0.364. The Morgan fingerprint density at radius 1 is 0.704 bits per heavy atom. The first-order chi connectivity index (χ1) is 24.9. The minimum absolute atomic E-state index is 0.123. The van der Waals surface area contributed by atoms with E-state index >= 15 is 0 Å². The maximum Gasteiger partial charge on any atom is 0.360 e. The molecular formula is C44H47Cl4O6+. The van der Waals surface area contributed by atoms with Crippen LogP contribution in [0.15, 0.2) is 99.4 Å². The maximum absolute atomic E-state index is 13.8. The van der Waals surface area contributed by atoms with Crippen LogP contribution in [0, 0.1) is 5.41 Å². The average molecular weight is 814 g/mol. The molecule has 1 aliphatic carbocycles. The van der Waals surface area contributed by atoms with Gasteiger partial charge in [0.15, 0.2) is 0 Å². The van der Waals surface area contributed by atoms with Gasteiger partial charge in [0.05, 0.1) is 67.3 Å². The zero-order chi connectivity index (χ0) is 40.0. The molecule has 3 aromatic rings. The molecule has 0 spiro atoms. The highest BCUT2D eigenvalue weighted by molar-refractivity contribution is 6.42. The quantitative estimate of drug-likeness (QED) is 0.162. The van der Waals surface area contributed by atoms with Crippen molar-refractivity contribution in [2.45, 2.75) is 85.9 Å². The molecule has 2 aliphatic rings. The Hall–Kier alpha value is -3.36. The first-order valence-electron chi connectivity index (χ1n) is 17.6. The van der Waals surface area contributed by atoms with Crippen molar-refractivity contribution in [1.29, 1.82) is 0 Å². The van der Waals surface area contributed by atoms with Gasteiger partial charge in [-0.1, -0.05) is 60.3 Å². The number of carbonyl (C=O) groups excluding carboxylic acids is 1. The Kier molecular flexibility index (Phi) is 12.1. The summed E-state index contributed by atoms with van der Waals surface area (Å²) >= 11 is 25.2. The molecule has 1 aliphatic heterocycles. The second kappa shape index (κ2) is 15.6. The van der Waals surface area contributed by atoms with Gasteiger partial charge < -0.3 is 19.3 Å². The first kappa shape index (κ1) is 41.8. The summed E-state index contributed by atoms with van der Waals surface area (Å²) in [5.41, 5.74) is 1.21. The zero-order valence-corrected chi connectivity index (χ0v) is 35.4. The Balaban J connectivity index is 1.57. The molecule has 0 radical (unpaired) electrons. The normalized spacial score (nSPS) is 17.1. The van der Waals surface area contributed by atoms with Crippen LogP contribution in [-0.2, 0) is 24.4 Å². The lowest BCUT2D eigenvalue weighted by atomic mass is 9.83. The van der Waals surface area contributed by atoms with Crippen LogP contribution >= 0.6 is 46.4 Å². The second-order valence-electron chi connectivity index (χ2n) is 16.9. The van der Waals surface area contributed by atoms with Gasteiger partial charge in [0, 0.05) is 17.0 Å². The van der Waals surface area contributed by atoms with Crippen molar-refractivity contribution in [1.82, 2.24) is 0 Å². The molecule has 1 aromatic heterocycles. The standard InChI is InChI=1S/C44H46Cl4O6/c1-41(2,3)51-23-43(7,8)37-19-25(17-35(53-37)27-11-13-31(45)33(47)21-27)15-29-39(49)30(40(29)50)16-26-18-36(28-12-14-32(46)34(48)22-28)54-38(20-26)44(9,10)24-52-42(4,5)6/h11-22H,23-24H2,1-10H3/p+1. The number of Topliss-reactive ketones (excluding diaryl/α,β-unsaturated/α-hetero) is 1. The van der Waals surface area contributed by atoms with E-state index in [1.807, 2.05) is 93.5 Å². The Morgan fingerprint density at radius 2 is 1.26 bits per heavy atom. The van der Waals surface area contributed by atoms with Crippen LogP contribution in [0.5, 0.6) is 0 Å². The molecule has 286 valence electrons. The van der Waals surface area contributed by atoms with Crippen LogP contribution in [0.25, 0.3) is 23.2 Å². The molecule has 54 heavy (non-hydrogen) atoms. The third-order valence-electron chi connectivity index (χ3n) is 8.73. The van der Waals surface area contributed by atoms with Gasteiger partial charge in [-0.05, 0) is 127 Å². The Morgan fingerprint density at radius 3 is 1.81 bits per heavy atom. The molecule has 0 saturated heterocycles. The van der Waals surface area contributed by atoms with Crippen molar-refractivity contribution in [3.8, 4) is 11.3 Å². The van der Waals surface area contributed by atoms with Crippen molar-refractivity contribution >= 4 is 64.0 Å². The van der Waals surface area contributed by atoms with Crippen LogP contribution in [0.2, 0.25) is 20.1 Å². The topological polar surface area (TPSA) is 76.3 Å². The summed E-state index contributed by atoms with van der Waals surface area (Å²) in [6, 6.07) is 14.1. The van der Waals surface area contributed by atoms with Crippen molar-refractivity contribution in [3.63, 3.8) is 0 Å². The van der Waals surface area contributed by atoms with Crippen LogP contribution < -0.4 is 0 Å². The lowest BCUT2D eigenvalue weighted by Crippen LogP contribution is -2.31. The minimum Gasteiger partial charge on any atom is -0.506 e. The molecule has 0 fully saturated rings. The molecule has 0 amide bonds. The van der Waals surface area contributed by atoms with Gasteiger partial charge in [0.25, 0.3) is 0 Å². The fourth-order valence-electron chi connectivity index (χ4n) is 5.44. The average Bonchev–Trinajstić information content (AvgIpc) is 3.09. The zero-order valence-electron chi connectivity index (χ0n) is 32.3. The van der Waals surface area contributed by atoms with E-state index in [-0.39, 0.29) is 33.9 Å². The number of halogens is 4. The summed E-state index contributed by atoms with van der Waals surface area (Å²) < 4.78 is 25.2. The lowest BCUT2D eigenvalue weighted by Gasteiger charge is -2.33. The molecule has 2 aromatic carbocycles. The van der Waals surface area contributed by atoms with E-state index in [9.17, 15) is 9.90 Å². The summed E-state index contributed by atoms with van der Waals surface area (Å²) in [7, 11) is 0. The molecule has 0 saturated carbocycles. The highest BCUT2D eigenvalue weighted by Crippen LogP contribution is 2.41. The van der Waals surface area contributed by atoms with Gasteiger partial charge in [-0.15, -0.1) is 0 Å². The molecule has 0 bridgehead atoms. The molecule has 0 unspecified atom stereocenters. The number of hydrogen-bond donors (Lipinski definition) is 1. The van der Waals surface area contributed by atoms with Gasteiger partial charge >= 0.3 is 11.5 Å². The summed E-state index contributed by atoms with van der Waals surface area (Å²) in [4.78, 5) is 13.8. The van der Waals surface area contributed by atoms with Crippen LogP contribution in [0.3, 0.4) is 0 Å². The van der Waals surface area contributed by atoms with Crippen molar-refractivity contribution < 1.29 is 28.5 Å². The molecule has 2 heterocycles. The van der Waals surface area contributed by atoms with Gasteiger partial charge in [0.1, 0.15) is 22.7 Å². The number of ketones is 1. The van der Waals surface area contributed by atoms with Crippen molar-refractivity contribution in [2.75, 3.05) is 13.2 Å². The third-order valence-corrected chi connectivity index (χ3v) is 10.2. The number of allylic oxidation sites excluding steroid dienone is 6. The minimum atomic E-state index is -0.555. The van der Waals surface area contributed by atoms with Crippen molar-refractivity contribution in [3.05, 3.63) is 132 Å². The predicted octanol–water partition coefficient (Wildman–Crippen LogP) is 13.4. The highest BCUT2D eigenvalue weighted by atomic mass is 35.5. The Labute approximate surface area is 338 Å². The van der Waals surface area contributed by atoms with E-state index in [0.29, 0.717) is 78.6 Å². The lowest BCUT2D eigenvalue weighted by molar-refractivity contribution is -0.113. The van der Waals surface area contributed by atoms with Crippen LogP contribution in [-0.4, -0.2) is 35.3 Å². The SMILES string of the molecule is CC(C)(C)OCC(C)(C)C1=CC(=CC2=C(O)C(=Cc3cc(-c4ccc(Cl)c(Cl)c4)[o+]c(C(C)(C)COC(C)(C)C)c3)C2=O)C=C(c2ccc(Cl)c(Cl)c2)O1. The molecule has 0 atom stereocenters. The van der Waals surface area contributed by atoms with Crippen LogP contribution in [0.4, 0.5) is 0 Å². The second-order valence-corrected chi connectivity index (χ2v) is 18.5. The van der Waals surface area contributed by atoms with Crippen LogP contribution in [0.1, 0.15) is 86.1 Å². The maximum atomic E-state index is 13.8. The number of benzene rings is 2. The third kappa shape index (κ3) is 10.1. The molecule has 1 N–H and O–H groups in total. The van der Waals surface area contributed by atoms with Gasteiger partial charge in [-0.3, -0.25) is 4.79 Å². The fourth-order valence-corrected chi connectivity index (χ4v) is 6.04. The van der Waals surface area contributed by atoms with Gasteiger partial charge in [0.2, 0.25) is 5.78 Å². The summed E-state index contributed by atoms with van der Waals surface area (Å²) in [5, 5.41) is 13.0. The molecule has 10 heteroatoms. The largest absolute Gasteiger partial charge is 0.506 e. The number of aliphatic hydroxyl groups is 1. The van der Waals surface area contributed by atoms with E-state index in [0.717, 1.165) is 0 Å². The number of hydrogen-bond acceptors (Lipinski definition) is 5. The van der Waals surface area contributed by atoms with Gasteiger partial charge in [-0.25, -0.2) is 4.42 Å².